The minimum absolute atomic E-state index is 0.0212. The van der Waals surface area contributed by atoms with Gasteiger partial charge in [-0.2, -0.15) is 0 Å². The number of nitrogens with zero attached hydrogens (tertiary/aromatic N) is 3. The summed E-state index contributed by atoms with van der Waals surface area (Å²) in [5, 5.41) is 2.14. The Morgan fingerprint density at radius 2 is 2.20 bits per heavy atom. The molecule has 0 saturated carbocycles. The maximum Gasteiger partial charge on any atom is 0.248 e. The second-order valence-corrected chi connectivity index (χ2v) is 7.93. The fraction of sp³-hybridized carbons (Fsp3) is 0.526. The maximum absolute atomic E-state index is 11.6. The minimum atomic E-state index is 0.0212. The molecule has 0 unspecified atom stereocenters. The van der Waals surface area contributed by atoms with Crippen molar-refractivity contribution in [1.82, 2.24) is 14.4 Å². The van der Waals surface area contributed by atoms with Crippen LogP contribution in [0.2, 0.25) is 0 Å². The highest BCUT2D eigenvalue weighted by Gasteiger charge is 2.22. The molecule has 0 aromatic carbocycles. The third kappa shape index (κ3) is 5.17. The lowest BCUT2D eigenvalue weighted by Crippen LogP contribution is -2.29. The smallest absolute Gasteiger partial charge is 0.248 e. The molecule has 0 N–H and O–H groups in total. The van der Waals surface area contributed by atoms with Crippen molar-refractivity contribution < 1.29 is 9.53 Å². The largest absolute Gasteiger partial charge is 0.372 e. The van der Waals surface area contributed by atoms with Crippen LogP contribution in [0.15, 0.2) is 35.8 Å². The molecule has 3 rings (SSSR count). The first-order valence-electron chi connectivity index (χ1n) is 8.78. The first kappa shape index (κ1) is 18.2. The Morgan fingerprint density at radius 3 is 2.96 bits per heavy atom. The van der Waals surface area contributed by atoms with Gasteiger partial charge in [0.25, 0.3) is 0 Å². The molecule has 3 heterocycles. The van der Waals surface area contributed by atoms with Gasteiger partial charge in [-0.15, -0.1) is 11.3 Å². The van der Waals surface area contributed by atoms with Gasteiger partial charge in [0.1, 0.15) is 6.61 Å². The van der Waals surface area contributed by atoms with Crippen LogP contribution in [-0.4, -0.2) is 54.1 Å². The molecular formula is C19H27N3O2S. The van der Waals surface area contributed by atoms with Crippen LogP contribution in [-0.2, 0) is 29.2 Å². The predicted octanol–water partition coefficient (Wildman–Crippen LogP) is 2.68. The molecule has 0 saturated heterocycles. The zero-order valence-corrected chi connectivity index (χ0v) is 15.9. The quantitative estimate of drug-likeness (QED) is 0.712. The molecule has 2 aromatic rings. The molecule has 5 nitrogen and oxygen atoms in total. The first-order valence-corrected chi connectivity index (χ1v) is 9.66. The molecule has 136 valence electrons. The van der Waals surface area contributed by atoms with Crippen LogP contribution in [0.25, 0.3) is 0 Å². The lowest BCUT2D eigenvalue weighted by Gasteiger charge is -2.23. The number of rotatable bonds is 7. The van der Waals surface area contributed by atoms with E-state index >= 15 is 0 Å². The van der Waals surface area contributed by atoms with Crippen molar-refractivity contribution in [1.29, 1.82) is 0 Å². The minimum Gasteiger partial charge on any atom is -0.372 e. The van der Waals surface area contributed by atoms with Gasteiger partial charge >= 0.3 is 0 Å². The standard InChI is InChI=1S/C19H27N3O2S/c1-20(2)19(23)15-24-9-7-16-11-21(14-18-6-4-10-25-18)13-17-5-3-8-22(17)12-16/h3-6,8,10,16H,7,9,11-15H2,1-2H3/t16-/m0/s1. The Balaban J connectivity index is 1.56. The normalized spacial score (nSPS) is 17.9. The number of fused-ring (bicyclic) bond motifs is 1. The molecule has 1 atom stereocenters. The van der Waals surface area contributed by atoms with E-state index in [0.29, 0.717) is 12.5 Å². The van der Waals surface area contributed by atoms with Crippen LogP contribution >= 0.6 is 11.3 Å². The van der Waals surface area contributed by atoms with Gasteiger partial charge in [-0.3, -0.25) is 9.69 Å². The number of likely N-dealkylation sites (N-methyl/N-ethyl adjacent to an activating group) is 1. The number of amides is 1. The lowest BCUT2D eigenvalue weighted by molar-refractivity contribution is -0.133. The molecule has 1 aliphatic heterocycles. The number of carbonyl (C=O) groups excluding carboxylic acids is 1. The molecule has 25 heavy (non-hydrogen) atoms. The Morgan fingerprint density at radius 1 is 1.32 bits per heavy atom. The Hall–Kier alpha value is -1.63. The van der Waals surface area contributed by atoms with E-state index in [9.17, 15) is 4.79 Å². The summed E-state index contributed by atoms with van der Waals surface area (Å²) in [5.41, 5.74) is 1.38. The van der Waals surface area contributed by atoms with Crippen molar-refractivity contribution in [3.8, 4) is 0 Å². The summed E-state index contributed by atoms with van der Waals surface area (Å²) < 4.78 is 7.96. The molecule has 1 amide bonds. The average molecular weight is 362 g/mol. The average Bonchev–Trinajstić information content (AvgIpc) is 3.20. The van der Waals surface area contributed by atoms with Gasteiger partial charge in [0.05, 0.1) is 0 Å². The number of aromatic nitrogens is 1. The van der Waals surface area contributed by atoms with Crippen LogP contribution in [0.4, 0.5) is 0 Å². The molecule has 6 heteroatoms. The predicted molar refractivity (Wildman–Crippen MR) is 100 cm³/mol. The molecule has 0 fully saturated rings. The molecule has 0 radical (unpaired) electrons. The van der Waals surface area contributed by atoms with Crippen molar-refractivity contribution in [3.63, 3.8) is 0 Å². The summed E-state index contributed by atoms with van der Waals surface area (Å²) in [6.45, 7) is 4.88. The Labute approximate surface area is 153 Å². The lowest BCUT2D eigenvalue weighted by atomic mass is 10.1. The van der Waals surface area contributed by atoms with Crippen molar-refractivity contribution in [3.05, 3.63) is 46.4 Å². The number of hydrogen-bond donors (Lipinski definition) is 0. The fourth-order valence-electron chi connectivity index (χ4n) is 3.23. The molecule has 0 bridgehead atoms. The van der Waals surface area contributed by atoms with Gasteiger partial charge in [-0.25, -0.2) is 0 Å². The van der Waals surface area contributed by atoms with Crippen molar-refractivity contribution in [2.75, 3.05) is 33.9 Å². The van der Waals surface area contributed by atoms with Gasteiger partial charge in [0.15, 0.2) is 0 Å². The topological polar surface area (TPSA) is 37.7 Å². The van der Waals surface area contributed by atoms with Crippen molar-refractivity contribution >= 4 is 17.2 Å². The van der Waals surface area contributed by atoms with E-state index in [1.807, 2.05) is 11.3 Å². The summed E-state index contributed by atoms with van der Waals surface area (Å²) in [5.74, 6) is 0.552. The molecule has 0 aliphatic carbocycles. The summed E-state index contributed by atoms with van der Waals surface area (Å²) >= 11 is 1.82. The molecule has 0 spiro atoms. The monoisotopic (exact) mass is 361 g/mol. The summed E-state index contributed by atoms with van der Waals surface area (Å²) in [6, 6.07) is 8.68. The van der Waals surface area contributed by atoms with E-state index in [-0.39, 0.29) is 12.5 Å². The van der Waals surface area contributed by atoms with Crippen LogP contribution in [0.5, 0.6) is 0 Å². The highest BCUT2D eigenvalue weighted by atomic mass is 32.1. The zero-order valence-electron chi connectivity index (χ0n) is 15.1. The van der Waals surface area contributed by atoms with Crippen LogP contribution in [0, 0.1) is 5.92 Å². The van der Waals surface area contributed by atoms with Crippen molar-refractivity contribution in [2.45, 2.75) is 26.1 Å². The van der Waals surface area contributed by atoms with Gasteiger partial charge in [0, 0.05) is 63.6 Å². The second-order valence-electron chi connectivity index (χ2n) is 6.90. The summed E-state index contributed by atoms with van der Waals surface area (Å²) in [7, 11) is 3.51. The van der Waals surface area contributed by atoms with Gasteiger partial charge < -0.3 is 14.2 Å². The van der Waals surface area contributed by atoms with E-state index in [1.165, 1.54) is 10.6 Å². The van der Waals surface area contributed by atoms with Gasteiger partial charge in [-0.05, 0) is 35.9 Å². The molecule has 1 aliphatic rings. The second kappa shape index (κ2) is 8.65. The zero-order chi connectivity index (χ0) is 17.6. The highest BCUT2D eigenvalue weighted by Crippen LogP contribution is 2.22. The summed E-state index contributed by atoms with van der Waals surface area (Å²) in [4.78, 5) is 17.1. The fourth-order valence-corrected chi connectivity index (χ4v) is 3.98. The number of carbonyl (C=O) groups is 1. The van der Waals surface area contributed by atoms with Crippen molar-refractivity contribution in [2.24, 2.45) is 5.92 Å². The third-order valence-electron chi connectivity index (χ3n) is 4.63. The molecular weight excluding hydrogens is 334 g/mol. The molecule has 2 aromatic heterocycles. The van der Waals surface area contributed by atoms with E-state index in [4.69, 9.17) is 4.74 Å². The van der Waals surface area contributed by atoms with Crippen LogP contribution < -0.4 is 0 Å². The highest BCUT2D eigenvalue weighted by molar-refractivity contribution is 7.09. The van der Waals surface area contributed by atoms with Gasteiger partial charge in [0.2, 0.25) is 5.91 Å². The maximum atomic E-state index is 11.6. The number of ether oxygens (including phenoxy) is 1. The third-order valence-corrected chi connectivity index (χ3v) is 5.50. The van der Waals surface area contributed by atoms with E-state index < -0.39 is 0 Å². The van der Waals surface area contributed by atoms with E-state index in [0.717, 1.165) is 32.6 Å². The van der Waals surface area contributed by atoms with E-state index in [1.54, 1.807) is 19.0 Å². The van der Waals surface area contributed by atoms with Crippen LogP contribution in [0.1, 0.15) is 17.0 Å². The first-order chi connectivity index (χ1) is 12.1. The Kier molecular flexibility index (Phi) is 6.29. The SMILES string of the molecule is CN(C)C(=O)COCC[C@H]1CN(Cc2cccs2)Cc2cccn2C1. The Bertz CT molecular complexity index is 666. The van der Waals surface area contributed by atoms with Crippen LogP contribution in [0.3, 0.4) is 0 Å². The van der Waals surface area contributed by atoms with E-state index in [2.05, 4.69) is 45.3 Å². The number of hydrogen-bond acceptors (Lipinski definition) is 4. The summed E-state index contributed by atoms with van der Waals surface area (Å²) in [6.07, 6.45) is 3.15. The number of thiophene rings is 1. The van der Waals surface area contributed by atoms with Gasteiger partial charge in [-0.1, -0.05) is 6.07 Å².